The average molecular weight is 353 g/mol. The first kappa shape index (κ1) is 17.5. The van der Waals surface area contributed by atoms with E-state index in [1.165, 1.54) is 20.3 Å². The van der Waals surface area contributed by atoms with Crippen molar-refractivity contribution >= 4 is 23.1 Å². The van der Waals surface area contributed by atoms with E-state index in [0.717, 1.165) is 16.0 Å². The van der Waals surface area contributed by atoms with Crippen molar-refractivity contribution in [3.8, 4) is 11.5 Å². The van der Waals surface area contributed by atoms with E-state index < -0.39 is 17.6 Å². The summed E-state index contributed by atoms with van der Waals surface area (Å²) in [5, 5.41) is 10.4. The smallest absolute Gasteiger partial charge is 0.301 e. The van der Waals surface area contributed by atoms with Crippen LogP contribution < -0.4 is 14.4 Å². The van der Waals surface area contributed by atoms with Gasteiger partial charge in [0.15, 0.2) is 5.76 Å². The molecule has 1 N–H and O–H groups in total. The van der Waals surface area contributed by atoms with E-state index in [-0.39, 0.29) is 11.3 Å². The van der Waals surface area contributed by atoms with Crippen molar-refractivity contribution in [3.05, 3.63) is 58.8 Å². The van der Waals surface area contributed by atoms with Crippen molar-refractivity contribution in [3.63, 3.8) is 0 Å². The molecule has 0 unspecified atom stereocenters. The maximum absolute atomic E-state index is 13.0. The summed E-state index contributed by atoms with van der Waals surface area (Å²) in [5.41, 5.74) is 2.54. The molecular weight excluding hydrogens is 334 g/mol. The molecule has 2 aromatic rings. The third kappa shape index (κ3) is 2.69. The largest absolute Gasteiger partial charge is 0.502 e. The van der Waals surface area contributed by atoms with Gasteiger partial charge in [-0.05, 0) is 37.1 Å². The van der Waals surface area contributed by atoms with Gasteiger partial charge in [0.2, 0.25) is 0 Å². The Morgan fingerprint density at radius 1 is 0.923 bits per heavy atom. The number of imide groups is 1. The standard InChI is InChI=1S/C20H19NO5/c1-11-5-7-14(12(2)9-11)17-18(22)20(24)21(19(17)23)15-10-13(25-3)6-8-16(15)26-4/h5-10,22H,1-4H3. The predicted molar refractivity (Wildman–Crippen MR) is 97.5 cm³/mol. The van der Waals surface area contributed by atoms with E-state index in [2.05, 4.69) is 0 Å². The van der Waals surface area contributed by atoms with Crippen molar-refractivity contribution in [2.75, 3.05) is 19.1 Å². The molecular formula is C20H19NO5. The minimum atomic E-state index is -0.795. The summed E-state index contributed by atoms with van der Waals surface area (Å²) in [6, 6.07) is 10.2. The summed E-state index contributed by atoms with van der Waals surface area (Å²) in [5.74, 6) is -1.20. The van der Waals surface area contributed by atoms with Crippen LogP contribution in [-0.2, 0) is 9.59 Å². The lowest BCUT2D eigenvalue weighted by Gasteiger charge is -2.18. The lowest BCUT2D eigenvalue weighted by atomic mass is 9.98. The van der Waals surface area contributed by atoms with Crippen LogP contribution in [0.3, 0.4) is 0 Å². The van der Waals surface area contributed by atoms with Crippen molar-refractivity contribution in [2.24, 2.45) is 0 Å². The second-order valence-corrected chi connectivity index (χ2v) is 6.03. The normalized spacial score (nSPS) is 14.2. The second-order valence-electron chi connectivity index (χ2n) is 6.03. The predicted octanol–water partition coefficient (Wildman–Crippen LogP) is 3.16. The van der Waals surface area contributed by atoms with Gasteiger partial charge in [-0.1, -0.05) is 23.8 Å². The first-order valence-corrected chi connectivity index (χ1v) is 8.00. The highest BCUT2D eigenvalue weighted by Gasteiger charge is 2.42. The van der Waals surface area contributed by atoms with Crippen molar-refractivity contribution in [1.82, 2.24) is 0 Å². The van der Waals surface area contributed by atoms with Crippen LogP contribution in [0, 0.1) is 13.8 Å². The summed E-state index contributed by atoms with van der Waals surface area (Å²) in [7, 11) is 2.92. The molecule has 2 aromatic carbocycles. The number of benzene rings is 2. The van der Waals surface area contributed by atoms with E-state index in [0.29, 0.717) is 17.1 Å². The Balaban J connectivity index is 2.12. The van der Waals surface area contributed by atoms with Gasteiger partial charge in [0.1, 0.15) is 11.5 Å². The number of amides is 2. The molecule has 2 amide bonds. The quantitative estimate of drug-likeness (QED) is 0.855. The fourth-order valence-electron chi connectivity index (χ4n) is 3.05. The number of carbonyl (C=O) groups excluding carboxylic acids is 2. The zero-order valence-corrected chi connectivity index (χ0v) is 15.0. The Morgan fingerprint density at radius 2 is 1.65 bits per heavy atom. The number of ether oxygens (including phenoxy) is 2. The molecule has 1 heterocycles. The molecule has 6 heteroatoms. The molecule has 0 bridgehead atoms. The molecule has 134 valence electrons. The van der Waals surface area contributed by atoms with E-state index in [1.807, 2.05) is 26.0 Å². The summed E-state index contributed by atoms with van der Waals surface area (Å²) in [6.45, 7) is 3.76. The maximum Gasteiger partial charge on any atom is 0.301 e. The van der Waals surface area contributed by atoms with Crippen LogP contribution >= 0.6 is 0 Å². The fourth-order valence-corrected chi connectivity index (χ4v) is 3.05. The van der Waals surface area contributed by atoms with Crippen LogP contribution in [0.25, 0.3) is 5.57 Å². The highest BCUT2D eigenvalue weighted by molar-refractivity contribution is 6.45. The van der Waals surface area contributed by atoms with Gasteiger partial charge in [-0.3, -0.25) is 9.59 Å². The SMILES string of the molecule is COc1ccc(OC)c(N2C(=O)C(O)=C(c3ccc(C)cc3C)C2=O)c1. The number of methoxy groups -OCH3 is 2. The van der Waals surface area contributed by atoms with Crippen LogP contribution in [0.4, 0.5) is 5.69 Å². The van der Waals surface area contributed by atoms with Gasteiger partial charge in [-0.15, -0.1) is 0 Å². The Kier molecular flexibility index (Phi) is 4.42. The highest BCUT2D eigenvalue weighted by atomic mass is 16.5. The molecule has 0 aliphatic carbocycles. The lowest BCUT2D eigenvalue weighted by Crippen LogP contribution is -2.32. The number of rotatable bonds is 4. The van der Waals surface area contributed by atoms with Gasteiger partial charge in [0, 0.05) is 6.07 Å². The molecule has 1 aliphatic rings. The molecule has 0 saturated heterocycles. The van der Waals surface area contributed by atoms with E-state index in [9.17, 15) is 14.7 Å². The average Bonchev–Trinajstić information content (AvgIpc) is 2.84. The molecule has 6 nitrogen and oxygen atoms in total. The van der Waals surface area contributed by atoms with Crippen molar-refractivity contribution < 1.29 is 24.2 Å². The Morgan fingerprint density at radius 3 is 2.27 bits per heavy atom. The Hall–Kier alpha value is -3.28. The number of hydrogen-bond acceptors (Lipinski definition) is 5. The summed E-state index contributed by atoms with van der Waals surface area (Å²) in [4.78, 5) is 26.6. The van der Waals surface area contributed by atoms with Gasteiger partial charge in [0.25, 0.3) is 5.91 Å². The summed E-state index contributed by atoms with van der Waals surface area (Å²) >= 11 is 0. The van der Waals surface area contributed by atoms with Crippen LogP contribution in [0.2, 0.25) is 0 Å². The third-order valence-electron chi connectivity index (χ3n) is 4.34. The van der Waals surface area contributed by atoms with E-state index in [1.54, 1.807) is 18.2 Å². The monoisotopic (exact) mass is 353 g/mol. The second kappa shape index (κ2) is 6.55. The maximum atomic E-state index is 13.0. The lowest BCUT2D eigenvalue weighted by molar-refractivity contribution is -0.121. The highest BCUT2D eigenvalue weighted by Crippen LogP contribution is 2.39. The first-order valence-electron chi connectivity index (χ1n) is 8.00. The van der Waals surface area contributed by atoms with Crippen LogP contribution in [0.5, 0.6) is 11.5 Å². The number of anilines is 1. The number of aliphatic hydroxyl groups is 1. The van der Waals surface area contributed by atoms with Crippen LogP contribution in [0.1, 0.15) is 16.7 Å². The number of hydrogen-bond donors (Lipinski definition) is 1. The van der Waals surface area contributed by atoms with Gasteiger partial charge in [-0.2, -0.15) is 0 Å². The molecule has 26 heavy (non-hydrogen) atoms. The van der Waals surface area contributed by atoms with Gasteiger partial charge >= 0.3 is 5.91 Å². The molecule has 0 radical (unpaired) electrons. The molecule has 0 atom stereocenters. The Bertz CT molecular complexity index is 945. The zero-order valence-electron chi connectivity index (χ0n) is 15.0. The van der Waals surface area contributed by atoms with Crippen LogP contribution in [-0.4, -0.2) is 31.1 Å². The number of carbonyl (C=O) groups is 2. The first-order chi connectivity index (χ1) is 12.4. The van der Waals surface area contributed by atoms with Gasteiger partial charge in [0.05, 0.1) is 25.5 Å². The minimum absolute atomic E-state index is 0.0163. The van der Waals surface area contributed by atoms with Crippen molar-refractivity contribution in [1.29, 1.82) is 0 Å². The van der Waals surface area contributed by atoms with Gasteiger partial charge < -0.3 is 14.6 Å². The van der Waals surface area contributed by atoms with Crippen LogP contribution in [0.15, 0.2) is 42.2 Å². The summed E-state index contributed by atoms with van der Waals surface area (Å²) < 4.78 is 10.4. The number of aryl methyl sites for hydroxylation is 2. The third-order valence-corrected chi connectivity index (χ3v) is 4.34. The topological polar surface area (TPSA) is 76.1 Å². The molecule has 3 rings (SSSR count). The number of nitrogens with zero attached hydrogens (tertiary/aromatic N) is 1. The molecule has 0 aromatic heterocycles. The minimum Gasteiger partial charge on any atom is -0.502 e. The molecule has 0 fully saturated rings. The number of aliphatic hydroxyl groups excluding tert-OH is 1. The Labute approximate surface area is 151 Å². The summed E-state index contributed by atoms with van der Waals surface area (Å²) in [6.07, 6.45) is 0. The van der Waals surface area contributed by atoms with E-state index in [4.69, 9.17) is 9.47 Å². The zero-order chi connectivity index (χ0) is 19.0. The molecule has 1 aliphatic heterocycles. The van der Waals surface area contributed by atoms with Gasteiger partial charge in [-0.25, -0.2) is 4.90 Å². The fraction of sp³-hybridized carbons (Fsp3) is 0.200. The van der Waals surface area contributed by atoms with Crippen molar-refractivity contribution in [2.45, 2.75) is 13.8 Å². The molecule has 0 saturated carbocycles. The van der Waals surface area contributed by atoms with E-state index >= 15 is 0 Å². The molecule has 0 spiro atoms.